The highest BCUT2D eigenvalue weighted by Gasteiger charge is 2.19. The molecule has 0 spiro atoms. The van der Waals surface area contributed by atoms with Gasteiger partial charge in [-0.25, -0.2) is 4.68 Å². The van der Waals surface area contributed by atoms with Gasteiger partial charge in [-0.2, -0.15) is 5.10 Å². The molecular formula is C18H20ClN7O2S. The third kappa shape index (κ3) is 4.95. The van der Waals surface area contributed by atoms with E-state index in [1.807, 2.05) is 18.2 Å². The van der Waals surface area contributed by atoms with E-state index in [2.05, 4.69) is 25.9 Å². The first-order valence-electron chi connectivity index (χ1n) is 9.19. The lowest BCUT2D eigenvalue weighted by Crippen LogP contribution is -2.19. The van der Waals surface area contributed by atoms with Crippen LogP contribution in [0.3, 0.4) is 0 Å². The number of rotatable bonds is 7. The molecule has 4 rings (SSSR count). The zero-order valence-corrected chi connectivity index (χ0v) is 17.4. The molecule has 1 aliphatic rings. The highest BCUT2D eigenvalue weighted by Crippen LogP contribution is 2.24. The van der Waals surface area contributed by atoms with Crippen LogP contribution in [0.25, 0.3) is 11.3 Å². The van der Waals surface area contributed by atoms with Crippen molar-refractivity contribution in [2.45, 2.75) is 30.6 Å². The Bertz CT molecular complexity index is 983. The Morgan fingerprint density at radius 3 is 2.97 bits per heavy atom. The molecule has 1 aliphatic heterocycles. The van der Waals surface area contributed by atoms with Crippen molar-refractivity contribution in [3.05, 3.63) is 35.4 Å². The maximum Gasteiger partial charge on any atom is 0.235 e. The van der Waals surface area contributed by atoms with Crippen molar-refractivity contribution in [1.82, 2.24) is 30.0 Å². The number of anilines is 1. The Balaban J connectivity index is 1.34. The Kier molecular flexibility index (Phi) is 6.12. The first kappa shape index (κ1) is 19.9. The van der Waals surface area contributed by atoms with Crippen LogP contribution >= 0.6 is 23.4 Å². The minimum absolute atomic E-state index is 0.132. The van der Waals surface area contributed by atoms with E-state index in [9.17, 15) is 4.79 Å². The summed E-state index contributed by atoms with van der Waals surface area (Å²) in [7, 11) is 1.78. The van der Waals surface area contributed by atoms with Crippen LogP contribution in [0.5, 0.6) is 0 Å². The van der Waals surface area contributed by atoms with Gasteiger partial charge >= 0.3 is 0 Å². The van der Waals surface area contributed by atoms with Gasteiger partial charge in [0.1, 0.15) is 5.82 Å². The Hall–Kier alpha value is -2.43. The number of thioether (sulfide) groups is 1. The molecule has 1 atom stereocenters. The number of benzene rings is 1. The standard InChI is InChI=1S/C18H20ClN7O2S/c1-25-16(9-15(22-25)12-4-6-13(19)7-5-12)20-17(27)11-29-18-21-23-24-26(18)10-14-3-2-8-28-14/h4-7,9,14H,2-3,8,10-11H2,1H3,(H,20,27)/t14-/m1/s1. The fraction of sp³-hybridized carbons (Fsp3) is 0.389. The summed E-state index contributed by atoms with van der Waals surface area (Å²) in [5.74, 6) is 0.639. The van der Waals surface area contributed by atoms with Crippen molar-refractivity contribution in [1.29, 1.82) is 0 Å². The second kappa shape index (κ2) is 8.93. The Morgan fingerprint density at radius 1 is 1.38 bits per heavy atom. The summed E-state index contributed by atoms with van der Waals surface area (Å²) in [6, 6.07) is 9.22. The number of nitrogens with one attached hydrogen (secondary N) is 1. The van der Waals surface area contributed by atoms with Crippen LogP contribution in [0.2, 0.25) is 5.02 Å². The van der Waals surface area contributed by atoms with Crippen molar-refractivity contribution in [3.63, 3.8) is 0 Å². The number of halogens is 1. The first-order chi connectivity index (χ1) is 14.1. The topological polar surface area (TPSA) is 99.8 Å². The smallest absolute Gasteiger partial charge is 0.235 e. The van der Waals surface area contributed by atoms with Crippen molar-refractivity contribution in [3.8, 4) is 11.3 Å². The molecule has 1 saturated heterocycles. The molecule has 1 fully saturated rings. The molecule has 29 heavy (non-hydrogen) atoms. The van der Waals surface area contributed by atoms with Crippen LogP contribution in [-0.2, 0) is 23.1 Å². The summed E-state index contributed by atoms with van der Waals surface area (Å²) in [6.07, 6.45) is 2.19. The number of carbonyl (C=O) groups is 1. The average molecular weight is 434 g/mol. The Morgan fingerprint density at radius 2 is 2.21 bits per heavy atom. The second-order valence-corrected chi connectivity index (χ2v) is 8.04. The van der Waals surface area contributed by atoms with Gasteiger partial charge in [-0.3, -0.25) is 9.48 Å². The minimum Gasteiger partial charge on any atom is -0.376 e. The van der Waals surface area contributed by atoms with E-state index < -0.39 is 0 Å². The van der Waals surface area contributed by atoms with E-state index in [-0.39, 0.29) is 17.8 Å². The number of amides is 1. The highest BCUT2D eigenvalue weighted by molar-refractivity contribution is 7.99. The van der Waals surface area contributed by atoms with Gasteiger partial charge in [0.25, 0.3) is 0 Å². The van der Waals surface area contributed by atoms with E-state index >= 15 is 0 Å². The lowest BCUT2D eigenvalue weighted by Gasteiger charge is -2.10. The molecule has 11 heteroatoms. The van der Waals surface area contributed by atoms with Crippen LogP contribution in [-0.4, -0.2) is 54.4 Å². The maximum atomic E-state index is 12.4. The van der Waals surface area contributed by atoms with E-state index in [0.29, 0.717) is 22.5 Å². The van der Waals surface area contributed by atoms with Crippen LogP contribution in [0.15, 0.2) is 35.5 Å². The summed E-state index contributed by atoms with van der Waals surface area (Å²) < 4.78 is 8.95. The molecule has 2 aromatic heterocycles. The van der Waals surface area contributed by atoms with E-state index in [0.717, 1.165) is 30.7 Å². The number of ether oxygens (including phenoxy) is 1. The van der Waals surface area contributed by atoms with E-state index in [1.54, 1.807) is 28.5 Å². The number of aryl methyl sites for hydroxylation is 1. The molecule has 1 amide bonds. The Labute approximate surface area is 176 Å². The lowest BCUT2D eigenvalue weighted by molar-refractivity contribution is -0.113. The normalized spacial score (nSPS) is 16.3. The van der Waals surface area contributed by atoms with Crippen LogP contribution in [0.1, 0.15) is 12.8 Å². The second-order valence-electron chi connectivity index (χ2n) is 6.66. The van der Waals surface area contributed by atoms with Gasteiger partial charge < -0.3 is 10.1 Å². The quantitative estimate of drug-likeness (QED) is 0.571. The van der Waals surface area contributed by atoms with Gasteiger partial charge in [0.05, 0.1) is 24.1 Å². The molecule has 1 aromatic carbocycles. The number of nitrogens with zero attached hydrogens (tertiary/aromatic N) is 6. The zero-order valence-electron chi connectivity index (χ0n) is 15.8. The van der Waals surface area contributed by atoms with Gasteiger partial charge in [0, 0.05) is 30.3 Å². The molecule has 0 unspecified atom stereocenters. The molecule has 0 bridgehead atoms. The van der Waals surface area contributed by atoms with Crippen LogP contribution in [0, 0.1) is 0 Å². The molecule has 0 aliphatic carbocycles. The lowest BCUT2D eigenvalue weighted by atomic mass is 10.1. The number of carbonyl (C=O) groups excluding carboxylic acids is 1. The SMILES string of the molecule is Cn1nc(-c2ccc(Cl)cc2)cc1NC(=O)CSc1nnnn1C[C@H]1CCCO1. The molecule has 3 heterocycles. The average Bonchev–Trinajstić information content (AvgIpc) is 3.44. The van der Waals surface area contributed by atoms with Crippen LogP contribution < -0.4 is 5.32 Å². The summed E-state index contributed by atoms with van der Waals surface area (Å²) in [5, 5.41) is 20.3. The summed E-state index contributed by atoms with van der Waals surface area (Å²) >= 11 is 7.22. The summed E-state index contributed by atoms with van der Waals surface area (Å²) in [6.45, 7) is 1.38. The van der Waals surface area contributed by atoms with Crippen molar-refractivity contribution >= 4 is 35.1 Å². The van der Waals surface area contributed by atoms with Crippen molar-refractivity contribution < 1.29 is 9.53 Å². The first-order valence-corrected chi connectivity index (χ1v) is 10.6. The molecular weight excluding hydrogens is 414 g/mol. The maximum absolute atomic E-state index is 12.4. The molecule has 3 aromatic rings. The summed E-state index contributed by atoms with van der Waals surface area (Å²) in [4.78, 5) is 12.4. The fourth-order valence-electron chi connectivity index (χ4n) is 3.05. The molecule has 1 N–H and O–H groups in total. The van der Waals surface area contributed by atoms with Gasteiger partial charge in [-0.1, -0.05) is 35.5 Å². The fourth-order valence-corrected chi connectivity index (χ4v) is 3.86. The predicted octanol–water partition coefficient (Wildman–Crippen LogP) is 2.64. The molecule has 0 saturated carbocycles. The van der Waals surface area contributed by atoms with Gasteiger partial charge in [0.2, 0.25) is 11.1 Å². The van der Waals surface area contributed by atoms with Crippen molar-refractivity contribution in [2.24, 2.45) is 7.05 Å². The van der Waals surface area contributed by atoms with E-state index in [4.69, 9.17) is 16.3 Å². The minimum atomic E-state index is -0.160. The number of hydrogen-bond donors (Lipinski definition) is 1. The highest BCUT2D eigenvalue weighted by atomic mass is 35.5. The van der Waals surface area contributed by atoms with Crippen molar-refractivity contribution in [2.75, 3.05) is 17.7 Å². The molecule has 0 radical (unpaired) electrons. The summed E-state index contributed by atoms with van der Waals surface area (Å²) in [5.41, 5.74) is 1.68. The van der Waals surface area contributed by atoms with Gasteiger partial charge in [0.15, 0.2) is 0 Å². The monoisotopic (exact) mass is 433 g/mol. The third-order valence-electron chi connectivity index (χ3n) is 4.52. The van der Waals surface area contributed by atoms with Gasteiger partial charge in [-0.15, -0.1) is 5.10 Å². The number of aromatic nitrogens is 6. The predicted molar refractivity (Wildman–Crippen MR) is 110 cm³/mol. The number of hydrogen-bond acceptors (Lipinski definition) is 7. The van der Waals surface area contributed by atoms with E-state index in [1.165, 1.54) is 11.8 Å². The molecule has 9 nitrogen and oxygen atoms in total. The zero-order chi connectivity index (χ0) is 20.2. The van der Waals surface area contributed by atoms with Crippen LogP contribution in [0.4, 0.5) is 5.82 Å². The largest absolute Gasteiger partial charge is 0.376 e. The third-order valence-corrected chi connectivity index (χ3v) is 5.73. The number of tetrazole rings is 1. The van der Waals surface area contributed by atoms with Gasteiger partial charge in [-0.05, 0) is 35.4 Å². The molecule has 152 valence electrons.